The third-order valence-electron chi connectivity index (χ3n) is 2.15. The highest BCUT2D eigenvalue weighted by molar-refractivity contribution is 4.61. The Hall–Kier alpha value is -0.0400. The van der Waals surface area contributed by atoms with Gasteiger partial charge in [0.15, 0.2) is 0 Å². The van der Waals surface area contributed by atoms with Crippen molar-refractivity contribution in [1.29, 1.82) is 0 Å². The summed E-state index contributed by atoms with van der Waals surface area (Å²) in [5.74, 6) is 0.668. The highest BCUT2D eigenvalue weighted by Gasteiger charge is 2.11. The van der Waals surface area contributed by atoms with Crippen LogP contribution in [0.15, 0.2) is 0 Å². The van der Waals surface area contributed by atoms with Gasteiger partial charge in [-0.25, -0.2) is 0 Å². The van der Waals surface area contributed by atoms with Crippen LogP contribution in [0.4, 0.5) is 0 Å². The Labute approximate surface area is 77.5 Å². The van der Waals surface area contributed by atoms with Crippen LogP contribution in [0.1, 0.15) is 53.4 Å². The average Bonchev–Trinajstić information content (AvgIpc) is 2.03. The first kappa shape index (κ1) is 12.0. The summed E-state index contributed by atoms with van der Waals surface area (Å²) in [7, 11) is 0. The molecule has 0 rings (SSSR count). The van der Waals surface area contributed by atoms with Gasteiger partial charge in [0.05, 0.1) is 6.10 Å². The Balaban J connectivity index is 3.49. The van der Waals surface area contributed by atoms with E-state index in [2.05, 4.69) is 27.7 Å². The van der Waals surface area contributed by atoms with Crippen LogP contribution < -0.4 is 0 Å². The first-order valence-corrected chi connectivity index (χ1v) is 5.33. The van der Waals surface area contributed by atoms with Crippen molar-refractivity contribution in [3.63, 3.8) is 0 Å². The normalized spacial score (nSPS) is 13.8. The molecule has 0 fully saturated rings. The van der Waals surface area contributed by atoms with Gasteiger partial charge in [0.25, 0.3) is 0 Å². The standard InChI is InChI=1S/C11H24O/c1-5-7-9-12-11(8-6-2)10(3)4/h10-11H,5-9H2,1-4H3. The van der Waals surface area contributed by atoms with E-state index in [1.54, 1.807) is 0 Å². The summed E-state index contributed by atoms with van der Waals surface area (Å²) in [6, 6.07) is 0. The second-order valence-corrected chi connectivity index (χ2v) is 3.80. The smallest absolute Gasteiger partial charge is 0.0597 e. The quantitative estimate of drug-likeness (QED) is 0.533. The molecule has 0 radical (unpaired) electrons. The first-order valence-electron chi connectivity index (χ1n) is 5.33. The molecule has 12 heavy (non-hydrogen) atoms. The third kappa shape index (κ3) is 5.59. The van der Waals surface area contributed by atoms with Crippen LogP contribution >= 0.6 is 0 Å². The van der Waals surface area contributed by atoms with Gasteiger partial charge in [-0.15, -0.1) is 0 Å². The summed E-state index contributed by atoms with van der Waals surface area (Å²) < 4.78 is 5.78. The van der Waals surface area contributed by atoms with Gasteiger partial charge in [0.1, 0.15) is 0 Å². The van der Waals surface area contributed by atoms with Gasteiger partial charge in [-0.05, 0) is 18.8 Å². The van der Waals surface area contributed by atoms with Crippen LogP contribution in [-0.2, 0) is 4.74 Å². The second-order valence-electron chi connectivity index (χ2n) is 3.80. The Kier molecular flexibility index (Phi) is 7.58. The molecule has 0 spiro atoms. The Morgan fingerprint density at radius 1 is 1.08 bits per heavy atom. The zero-order valence-electron chi connectivity index (χ0n) is 9.10. The molecule has 1 nitrogen and oxygen atoms in total. The van der Waals surface area contributed by atoms with E-state index in [4.69, 9.17) is 4.74 Å². The van der Waals surface area contributed by atoms with Gasteiger partial charge >= 0.3 is 0 Å². The lowest BCUT2D eigenvalue weighted by Crippen LogP contribution is -2.20. The first-order chi connectivity index (χ1) is 5.72. The fourth-order valence-corrected chi connectivity index (χ4v) is 1.27. The van der Waals surface area contributed by atoms with E-state index < -0.39 is 0 Å². The lowest BCUT2D eigenvalue weighted by atomic mass is 10.0. The van der Waals surface area contributed by atoms with Crippen molar-refractivity contribution in [1.82, 2.24) is 0 Å². The maximum atomic E-state index is 5.78. The molecule has 0 aliphatic heterocycles. The van der Waals surface area contributed by atoms with Crippen LogP contribution in [0.25, 0.3) is 0 Å². The molecule has 0 N–H and O–H groups in total. The van der Waals surface area contributed by atoms with E-state index in [0.29, 0.717) is 12.0 Å². The molecule has 0 aromatic carbocycles. The molecule has 74 valence electrons. The topological polar surface area (TPSA) is 9.23 Å². The van der Waals surface area contributed by atoms with Gasteiger partial charge in [-0.1, -0.05) is 40.5 Å². The molecule has 1 unspecified atom stereocenters. The predicted octanol–water partition coefficient (Wildman–Crippen LogP) is 3.63. The van der Waals surface area contributed by atoms with Crippen molar-refractivity contribution >= 4 is 0 Å². The molecule has 0 heterocycles. The van der Waals surface area contributed by atoms with Crippen LogP contribution in [0.2, 0.25) is 0 Å². The predicted molar refractivity (Wildman–Crippen MR) is 54.4 cm³/mol. The molecule has 0 bridgehead atoms. The molecular formula is C11H24O. The van der Waals surface area contributed by atoms with Gasteiger partial charge in [-0.2, -0.15) is 0 Å². The number of hydrogen-bond donors (Lipinski definition) is 0. The third-order valence-corrected chi connectivity index (χ3v) is 2.15. The molecule has 1 atom stereocenters. The summed E-state index contributed by atoms with van der Waals surface area (Å²) in [6.45, 7) is 9.85. The van der Waals surface area contributed by atoms with E-state index in [9.17, 15) is 0 Å². The summed E-state index contributed by atoms with van der Waals surface area (Å²) >= 11 is 0. The van der Waals surface area contributed by atoms with Crippen LogP contribution in [0, 0.1) is 5.92 Å². The second kappa shape index (κ2) is 7.60. The fraction of sp³-hybridized carbons (Fsp3) is 1.00. The highest BCUT2D eigenvalue weighted by Crippen LogP contribution is 2.13. The van der Waals surface area contributed by atoms with Crippen molar-refractivity contribution in [2.75, 3.05) is 6.61 Å². The maximum absolute atomic E-state index is 5.78. The minimum Gasteiger partial charge on any atom is -0.378 e. The highest BCUT2D eigenvalue weighted by atomic mass is 16.5. The van der Waals surface area contributed by atoms with Gasteiger partial charge in [-0.3, -0.25) is 0 Å². The molecule has 0 aliphatic rings. The van der Waals surface area contributed by atoms with Gasteiger partial charge in [0, 0.05) is 6.61 Å². The Bertz CT molecular complexity index is 89.0. The largest absolute Gasteiger partial charge is 0.378 e. The minimum atomic E-state index is 0.488. The van der Waals surface area contributed by atoms with Crippen molar-refractivity contribution < 1.29 is 4.74 Å². The molecule has 0 amide bonds. The van der Waals surface area contributed by atoms with Crippen LogP contribution in [0.3, 0.4) is 0 Å². The van der Waals surface area contributed by atoms with Crippen LogP contribution in [-0.4, -0.2) is 12.7 Å². The maximum Gasteiger partial charge on any atom is 0.0597 e. The van der Waals surface area contributed by atoms with Gasteiger partial charge < -0.3 is 4.74 Å². The number of ether oxygens (including phenoxy) is 1. The van der Waals surface area contributed by atoms with Crippen molar-refractivity contribution in [2.45, 2.75) is 59.5 Å². The molecule has 0 saturated heterocycles. The zero-order valence-corrected chi connectivity index (χ0v) is 9.10. The molecular weight excluding hydrogens is 148 g/mol. The average molecular weight is 172 g/mol. The molecule has 0 aromatic rings. The summed E-state index contributed by atoms with van der Waals surface area (Å²) in [5.41, 5.74) is 0. The van der Waals surface area contributed by atoms with Gasteiger partial charge in [0.2, 0.25) is 0 Å². The molecule has 0 aromatic heterocycles. The Morgan fingerprint density at radius 3 is 2.17 bits per heavy atom. The molecule has 0 aliphatic carbocycles. The Morgan fingerprint density at radius 2 is 1.75 bits per heavy atom. The van der Waals surface area contributed by atoms with Crippen LogP contribution in [0.5, 0.6) is 0 Å². The van der Waals surface area contributed by atoms with Crippen molar-refractivity contribution in [3.05, 3.63) is 0 Å². The molecule has 1 heteroatoms. The SMILES string of the molecule is CCCCOC(CCC)C(C)C. The minimum absolute atomic E-state index is 0.488. The summed E-state index contributed by atoms with van der Waals surface area (Å²) in [5, 5.41) is 0. The number of hydrogen-bond acceptors (Lipinski definition) is 1. The lowest BCUT2D eigenvalue weighted by Gasteiger charge is -2.20. The van der Waals surface area contributed by atoms with E-state index in [1.165, 1.54) is 25.7 Å². The van der Waals surface area contributed by atoms with E-state index >= 15 is 0 Å². The molecule has 0 saturated carbocycles. The summed E-state index contributed by atoms with van der Waals surface area (Å²) in [6.07, 6.45) is 5.36. The number of rotatable bonds is 7. The van der Waals surface area contributed by atoms with Crippen molar-refractivity contribution in [2.24, 2.45) is 5.92 Å². The lowest BCUT2D eigenvalue weighted by molar-refractivity contribution is 0.0149. The summed E-state index contributed by atoms with van der Waals surface area (Å²) in [4.78, 5) is 0. The monoisotopic (exact) mass is 172 g/mol. The van der Waals surface area contributed by atoms with E-state index in [-0.39, 0.29) is 0 Å². The number of unbranched alkanes of at least 4 members (excludes halogenated alkanes) is 1. The van der Waals surface area contributed by atoms with E-state index in [0.717, 1.165) is 6.61 Å². The fourth-order valence-electron chi connectivity index (χ4n) is 1.27. The van der Waals surface area contributed by atoms with E-state index in [1.807, 2.05) is 0 Å². The zero-order chi connectivity index (χ0) is 9.40. The van der Waals surface area contributed by atoms with Crippen molar-refractivity contribution in [3.8, 4) is 0 Å².